The van der Waals surface area contributed by atoms with E-state index in [2.05, 4.69) is 27.8 Å². The molecule has 2 aromatic carbocycles. The lowest BCUT2D eigenvalue weighted by Crippen LogP contribution is -2.50. The molecule has 0 saturated carbocycles. The molecule has 0 spiro atoms. The van der Waals surface area contributed by atoms with Crippen molar-refractivity contribution in [3.05, 3.63) is 76.0 Å². The normalized spacial score (nSPS) is 14.0. The van der Waals surface area contributed by atoms with Gasteiger partial charge in [-0.25, -0.2) is 4.68 Å². The second-order valence-electron chi connectivity index (χ2n) is 10.0. The number of hydrogen-bond donors (Lipinski definition) is 1. The quantitative estimate of drug-likeness (QED) is 0.429. The summed E-state index contributed by atoms with van der Waals surface area (Å²) in [6.45, 7) is 5.80. The van der Waals surface area contributed by atoms with Gasteiger partial charge in [-0.3, -0.25) is 14.5 Å². The Labute approximate surface area is 208 Å². The van der Waals surface area contributed by atoms with Crippen LogP contribution in [0.25, 0.3) is 11.0 Å². The van der Waals surface area contributed by atoms with E-state index in [1.54, 1.807) is 9.58 Å². The van der Waals surface area contributed by atoms with Gasteiger partial charge < -0.3 is 5.32 Å². The zero-order valence-corrected chi connectivity index (χ0v) is 21.0. The highest BCUT2D eigenvalue weighted by molar-refractivity contribution is 7.08. The Kier molecular flexibility index (Phi) is 6.15. The summed E-state index contributed by atoms with van der Waals surface area (Å²) in [4.78, 5) is 29.3. The van der Waals surface area contributed by atoms with Gasteiger partial charge in [-0.15, -0.1) is 5.10 Å². The molecule has 5 rings (SSSR count). The maximum absolute atomic E-state index is 14.0. The molecule has 0 fully saturated rings. The van der Waals surface area contributed by atoms with Gasteiger partial charge in [0.2, 0.25) is 11.8 Å². The third kappa shape index (κ3) is 4.84. The van der Waals surface area contributed by atoms with Gasteiger partial charge in [0.15, 0.2) is 0 Å². The summed E-state index contributed by atoms with van der Waals surface area (Å²) >= 11 is 1.51. The maximum Gasteiger partial charge on any atom is 0.249 e. The average Bonchev–Trinajstić information content (AvgIpc) is 3.57. The SMILES string of the molecule is CC(C)(C)NC(=O)[C@H](c1ccsc1)N(C(=O)Cn1nnc2ccccc21)c1ccc2c(c1)CCC2. The van der Waals surface area contributed by atoms with Crippen LogP contribution in [-0.4, -0.2) is 32.3 Å². The first-order valence-electron chi connectivity index (χ1n) is 11.9. The molecule has 1 aliphatic rings. The van der Waals surface area contributed by atoms with E-state index in [0.29, 0.717) is 0 Å². The standard InChI is InChI=1S/C27H29N5O2S/c1-27(2,3)28-26(34)25(20-13-14-35-17-20)32(21-12-11-18-7-6-8-19(18)15-21)24(33)16-31-23-10-5-4-9-22(23)29-30-31/h4-5,9-15,17,25H,6-8,16H2,1-3H3,(H,28,34)/t25-/m0/s1. The van der Waals surface area contributed by atoms with Crippen LogP contribution < -0.4 is 10.2 Å². The van der Waals surface area contributed by atoms with E-state index in [1.165, 1.54) is 22.5 Å². The molecule has 0 bridgehead atoms. The van der Waals surface area contributed by atoms with Gasteiger partial charge in [0.1, 0.15) is 18.1 Å². The van der Waals surface area contributed by atoms with E-state index in [0.717, 1.165) is 41.5 Å². The van der Waals surface area contributed by atoms with Crippen LogP contribution in [0.5, 0.6) is 0 Å². The van der Waals surface area contributed by atoms with Crippen LogP contribution in [0.15, 0.2) is 59.3 Å². The zero-order chi connectivity index (χ0) is 24.6. The van der Waals surface area contributed by atoms with Crippen LogP contribution >= 0.6 is 11.3 Å². The van der Waals surface area contributed by atoms with Crippen LogP contribution in [0.1, 0.15) is 49.9 Å². The van der Waals surface area contributed by atoms with E-state index >= 15 is 0 Å². The smallest absolute Gasteiger partial charge is 0.249 e. The van der Waals surface area contributed by atoms with Crippen molar-refractivity contribution in [2.45, 2.75) is 58.2 Å². The largest absolute Gasteiger partial charge is 0.349 e. The Morgan fingerprint density at radius 1 is 1.11 bits per heavy atom. The minimum absolute atomic E-state index is 0.0268. The summed E-state index contributed by atoms with van der Waals surface area (Å²) in [5.41, 5.74) is 5.13. The Morgan fingerprint density at radius 3 is 2.69 bits per heavy atom. The van der Waals surface area contributed by atoms with Crippen LogP contribution in [0.3, 0.4) is 0 Å². The molecule has 2 heterocycles. The number of carbonyl (C=O) groups excluding carboxylic acids is 2. The topological polar surface area (TPSA) is 80.1 Å². The molecule has 2 amide bonds. The van der Waals surface area contributed by atoms with E-state index in [9.17, 15) is 9.59 Å². The van der Waals surface area contributed by atoms with E-state index < -0.39 is 11.6 Å². The van der Waals surface area contributed by atoms with Crippen LogP contribution in [0, 0.1) is 0 Å². The predicted molar refractivity (Wildman–Crippen MR) is 138 cm³/mol. The molecule has 180 valence electrons. The molecule has 8 heteroatoms. The van der Waals surface area contributed by atoms with Gasteiger partial charge in [-0.05, 0) is 97.8 Å². The lowest BCUT2D eigenvalue weighted by atomic mass is 10.0. The van der Waals surface area contributed by atoms with Gasteiger partial charge in [0.05, 0.1) is 5.52 Å². The van der Waals surface area contributed by atoms with E-state index in [4.69, 9.17) is 0 Å². The Morgan fingerprint density at radius 2 is 1.91 bits per heavy atom. The summed E-state index contributed by atoms with van der Waals surface area (Å²) < 4.78 is 1.60. The summed E-state index contributed by atoms with van der Waals surface area (Å²) in [5, 5.41) is 15.4. The fraction of sp³-hybridized carbons (Fsp3) is 0.333. The van der Waals surface area contributed by atoms with Crippen molar-refractivity contribution in [2.75, 3.05) is 4.90 Å². The third-order valence-electron chi connectivity index (χ3n) is 6.20. The number of rotatable bonds is 6. The van der Waals surface area contributed by atoms with Gasteiger partial charge in [-0.2, -0.15) is 11.3 Å². The summed E-state index contributed by atoms with van der Waals surface area (Å²) in [5.74, 6) is -0.438. The lowest BCUT2D eigenvalue weighted by molar-refractivity contribution is -0.128. The molecule has 35 heavy (non-hydrogen) atoms. The lowest BCUT2D eigenvalue weighted by Gasteiger charge is -2.33. The number of hydrogen-bond acceptors (Lipinski definition) is 5. The zero-order valence-electron chi connectivity index (χ0n) is 20.2. The highest BCUT2D eigenvalue weighted by atomic mass is 32.1. The van der Waals surface area contributed by atoms with Crippen LogP contribution in [0.4, 0.5) is 5.69 Å². The number of carbonyl (C=O) groups is 2. The minimum atomic E-state index is -0.804. The molecule has 0 saturated heterocycles. The third-order valence-corrected chi connectivity index (χ3v) is 6.90. The number of aromatic nitrogens is 3. The van der Waals surface area contributed by atoms with Gasteiger partial charge in [0.25, 0.3) is 0 Å². The van der Waals surface area contributed by atoms with Crippen LogP contribution in [-0.2, 0) is 29.0 Å². The van der Waals surface area contributed by atoms with Crippen LogP contribution in [0.2, 0.25) is 0 Å². The second kappa shape index (κ2) is 9.26. The Balaban J connectivity index is 1.59. The van der Waals surface area contributed by atoms with Gasteiger partial charge >= 0.3 is 0 Å². The monoisotopic (exact) mass is 487 g/mol. The highest BCUT2D eigenvalue weighted by Crippen LogP contribution is 2.33. The number of fused-ring (bicyclic) bond motifs is 2. The predicted octanol–water partition coefficient (Wildman–Crippen LogP) is 4.67. The number of nitrogens with zero attached hydrogens (tertiary/aromatic N) is 4. The number of thiophene rings is 1. The summed E-state index contributed by atoms with van der Waals surface area (Å²) in [7, 11) is 0. The van der Waals surface area contributed by atoms with Crippen molar-refractivity contribution in [1.82, 2.24) is 20.3 Å². The Bertz CT molecular complexity index is 1370. The summed E-state index contributed by atoms with van der Waals surface area (Å²) in [6, 6.07) is 14.8. The molecule has 0 aliphatic heterocycles. The van der Waals surface area contributed by atoms with E-state index in [1.807, 2.05) is 67.9 Å². The second-order valence-corrected chi connectivity index (χ2v) is 10.8. The average molecular weight is 488 g/mol. The summed E-state index contributed by atoms with van der Waals surface area (Å²) in [6.07, 6.45) is 3.14. The van der Waals surface area contributed by atoms with Crippen molar-refractivity contribution in [3.8, 4) is 0 Å². The van der Waals surface area contributed by atoms with Gasteiger partial charge in [0, 0.05) is 11.2 Å². The fourth-order valence-electron chi connectivity index (χ4n) is 4.67. The first kappa shape index (κ1) is 23.2. The highest BCUT2D eigenvalue weighted by Gasteiger charge is 2.35. The molecule has 4 aromatic rings. The molecule has 7 nitrogen and oxygen atoms in total. The first-order valence-corrected chi connectivity index (χ1v) is 12.8. The maximum atomic E-state index is 14.0. The number of amides is 2. The first-order chi connectivity index (χ1) is 16.8. The van der Waals surface area contributed by atoms with Crippen molar-refractivity contribution in [1.29, 1.82) is 0 Å². The number of aryl methyl sites for hydroxylation is 2. The van der Waals surface area contributed by atoms with E-state index in [-0.39, 0.29) is 18.4 Å². The number of anilines is 1. The molecule has 1 atom stereocenters. The number of nitrogens with one attached hydrogen (secondary N) is 1. The van der Waals surface area contributed by atoms with Gasteiger partial charge in [-0.1, -0.05) is 23.4 Å². The molecular formula is C27H29N5O2S. The van der Waals surface area contributed by atoms with Crippen molar-refractivity contribution < 1.29 is 9.59 Å². The molecule has 2 aromatic heterocycles. The Hall–Kier alpha value is -3.52. The van der Waals surface area contributed by atoms with Crippen molar-refractivity contribution in [2.24, 2.45) is 0 Å². The van der Waals surface area contributed by atoms with Crippen molar-refractivity contribution in [3.63, 3.8) is 0 Å². The minimum Gasteiger partial charge on any atom is -0.349 e. The molecule has 0 radical (unpaired) electrons. The fourth-order valence-corrected chi connectivity index (χ4v) is 5.35. The molecular weight excluding hydrogens is 458 g/mol. The number of para-hydroxylation sites is 1. The molecule has 1 N–H and O–H groups in total. The molecule has 0 unspecified atom stereocenters. The number of benzene rings is 2. The van der Waals surface area contributed by atoms with Crippen molar-refractivity contribution >= 4 is 39.9 Å². The molecule has 1 aliphatic carbocycles.